The first-order valence-electron chi connectivity index (χ1n) is 6.66. The molecule has 0 fully saturated rings. The second-order valence-corrected chi connectivity index (χ2v) is 4.72. The summed E-state index contributed by atoms with van der Waals surface area (Å²) in [5.74, 6) is -0.484. The van der Waals surface area contributed by atoms with Crippen molar-refractivity contribution in [2.45, 2.75) is 13.8 Å². The van der Waals surface area contributed by atoms with Crippen molar-refractivity contribution in [1.29, 1.82) is 0 Å². The lowest BCUT2D eigenvalue weighted by atomic mass is 10.1. The molecule has 2 N–H and O–H groups in total. The number of hydrogen-bond acceptors (Lipinski definition) is 6. The van der Waals surface area contributed by atoms with Crippen LogP contribution in [0.1, 0.15) is 21.6 Å². The summed E-state index contributed by atoms with van der Waals surface area (Å²) in [4.78, 5) is 23.7. The summed E-state index contributed by atoms with van der Waals surface area (Å²) in [5.41, 5.74) is 2.39. The Kier molecular flexibility index (Phi) is 4.77. The van der Waals surface area contributed by atoms with E-state index in [2.05, 4.69) is 15.8 Å². The van der Waals surface area contributed by atoms with Gasteiger partial charge in [0.05, 0.1) is 24.9 Å². The Morgan fingerprint density at radius 1 is 1.32 bits per heavy atom. The van der Waals surface area contributed by atoms with Gasteiger partial charge in [-0.1, -0.05) is 17.3 Å². The number of nitrogens with zero attached hydrogens (tertiary/aromatic N) is 1. The molecule has 7 nitrogen and oxygen atoms in total. The number of nitrogens with one attached hydrogen (secondary N) is 2. The van der Waals surface area contributed by atoms with Crippen molar-refractivity contribution < 1.29 is 18.8 Å². The van der Waals surface area contributed by atoms with E-state index in [-0.39, 0.29) is 18.3 Å². The van der Waals surface area contributed by atoms with Crippen molar-refractivity contribution in [3.63, 3.8) is 0 Å². The van der Waals surface area contributed by atoms with E-state index in [4.69, 9.17) is 9.26 Å². The minimum Gasteiger partial charge on any atom is -0.465 e. The molecule has 116 valence electrons. The Labute approximate surface area is 127 Å². The Morgan fingerprint density at radius 3 is 2.73 bits per heavy atom. The van der Waals surface area contributed by atoms with Gasteiger partial charge < -0.3 is 14.6 Å². The standard InChI is InChI=1S/C15H17N3O4/c1-9-5-4-6-11(14(9)15(20)21-3)16-8-12(19)17-13-7-10(2)18-22-13/h4-7,16H,8H2,1-3H3,(H,17,19). The van der Waals surface area contributed by atoms with Crippen LogP contribution < -0.4 is 10.6 Å². The highest BCUT2D eigenvalue weighted by atomic mass is 16.5. The summed E-state index contributed by atoms with van der Waals surface area (Å²) in [6.07, 6.45) is 0. The van der Waals surface area contributed by atoms with E-state index >= 15 is 0 Å². The molecule has 0 saturated carbocycles. The van der Waals surface area contributed by atoms with Crippen LogP contribution >= 0.6 is 0 Å². The van der Waals surface area contributed by atoms with Gasteiger partial charge in [-0.15, -0.1) is 0 Å². The second kappa shape index (κ2) is 6.75. The van der Waals surface area contributed by atoms with Gasteiger partial charge in [0.15, 0.2) is 0 Å². The molecule has 1 aromatic heterocycles. The molecule has 1 aromatic carbocycles. The van der Waals surface area contributed by atoms with Gasteiger partial charge in [-0.2, -0.15) is 0 Å². The lowest BCUT2D eigenvalue weighted by Gasteiger charge is -2.12. The van der Waals surface area contributed by atoms with Crippen LogP contribution in [0, 0.1) is 13.8 Å². The molecule has 1 amide bonds. The highest BCUT2D eigenvalue weighted by Gasteiger charge is 2.15. The van der Waals surface area contributed by atoms with E-state index in [0.29, 0.717) is 16.9 Å². The summed E-state index contributed by atoms with van der Waals surface area (Å²) in [6.45, 7) is 3.54. The zero-order chi connectivity index (χ0) is 16.1. The summed E-state index contributed by atoms with van der Waals surface area (Å²) in [6, 6.07) is 6.92. The van der Waals surface area contributed by atoms with Crippen LogP contribution in [0.5, 0.6) is 0 Å². The normalized spacial score (nSPS) is 10.1. The summed E-state index contributed by atoms with van der Waals surface area (Å²) < 4.78 is 9.66. The molecule has 0 saturated heterocycles. The van der Waals surface area contributed by atoms with E-state index < -0.39 is 5.97 Å². The highest BCUT2D eigenvalue weighted by molar-refractivity contribution is 5.98. The van der Waals surface area contributed by atoms with Crippen molar-refractivity contribution in [3.8, 4) is 0 Å². The minimum atomic E-state index is -0.452. The lowest BCUT2D eigenvalue weighted by molar-refractivity contribution is -0.114. The van der Waals surface area contributed by atoms with Crippen LogP contribution in [0.25, 0.3) is 0 Å². The van der Waals surface area contributed by atoms with Crippen molar-refractivity contribution in [2.24, 2.45) is 0 Å². The third kappa shape index (κ3) is 3.63. The molecule has 0 spiro atoms. The maximum atomic E-state index is 11.9. The van der Waals surface area contributed by atoms with Crippen LogP contribution in [-0.2, 0) is 9.53 Å². The third-order valence-electron chi connectivity index (χ3n) is 2.99. The van der Waals surface area contributed by atoms with Crippen molar-refractivity contribution in [3.05, 3.63) is 41.1 Å². The van der Waals surface area contributed by atoms with E-state index in [9.17, 15) is 9.59 Å². The summed E-state index contributed by atoms with van der Waals surface area (Å²) in [7, 11) is 1.32. The predicted molar refractivity (Wildman–Crippen MR) is 80.9 cm³/mol. The summed E-state index contributed by atoms with van der Waals surface area (Å²) >= 11 is 0. The van der Waals surface area contributed by atoms with Gasteiger partial charge >= 0.3 is 5.97 Å². The Balaban J connectivity index is 2.03. The molecule has 0 bridgehead atoms. The van der Waals surface area contributed by atoms with Gasteiger partial charge in [-0.25, -0.2) is 4.79 Å². The molecule has 0 radical (unpaired) electrons. The first kappa shape index (κ1) is 15.6. The van der Waals surface area contributed by atoms with Crippen LogP contribution in [0.15, 0.2) is 28.8 Å². The van der Waals surface area contributed by atoms with Crippen LogP contribution in [0.4, 0.5) is 11.6 Å². The number of aryl methyl sites for hydroxylation is 2. The van der Waals surface area contributed by atoms with Gasteiger partial charge in [0.25, 0.3) is 0 Å². The van der Waals surface area contributed by atoms with E-state index in [0.717, 1.165) is 5.56 Å². The predicted octanol–water partition coefficient (Wildman–Crippen LogP) is 2.13. The first-order valence-corrected chi connectivity index (χ1v) is 6.66. The third-order valence-corrected chi connectivity index (χ3v) is 2.99. The zero-order valence-corrected chi connectivity index (χ0v) is 12.6. The van der Waals surface area contributed by atoms with Crippen molar-refractivity contribution >= 4 is 23.4 Å². The average molecular weight is 303 g/mol. The first-order chi connectivity index (χ1) is 10.5. The molecule has 0 atom stereocenters. The van der Waals surface area contributed by atoms with Gasteiger partial charge in [0.2, 0.25) is 11.8 Å². The zero-order valence-electron chi connectivity index (χ0n) is 12.6. The Morgan fingerprint density at radius 2 is 2.09 bits per heavy atom. The molecular weight excluding hydrogens is 286 g/mol. The number of hydrogen-bond donors (Lipinski definition) is 2. The van der Waals surface area contributed by atoms with Gasteiger partial charge in [-0.05, 0) is 25.5 Å². The molecule has 0 aliphatic rings. The number of anilines is 2. The van der Waals surface area contributed by atoms with Crippen molar-refractivity contribution in [2.75, 3.05) is 24.3 Å². The van der Waals surface area contributed by atoms with Gasteiger partial charge in [0, 0.05) is 11.8 Å². The smallest absolute Gasteiger partial charge is 0.340 e. The molecule has 1 heterocycles. The molecule has 22 heavy (non-hydrogen) atoms. The molecule has 2 aromatic rings. The quantitative estimate of drug-likeness (QED) is 0.822. The van der Waals surface area contributed by atoms with Crippen LogP contribution in [0.3, 0.4) is 0 Å². The number of benzene rings is 1. The lowest BCUT2D eigenvalue weighted by Crippen LogP contribution is -2.22. The average Bonchev–Trinajstić information content (AvgIpc) is 2.89. The maximum Gasteiger partial charge on any atom is 0.340 e. The second-order valence-electron chi connectivity index (χ2n) is 4.72. The fourth-order valence-electron chi connectivity index (χ4n) is 1.97. The number of aromatic nitrogens is 1. The number of carbonyl (C=O) groups is 2. The van der Waals surface area contributed by atoms with Crippen molar-refractivity contribution in [1.82, 2.24) is 5.16 Å². The number of esters is 1. The Hall–Kier alpha value is -2.83. The molecule has 0 aliphatic carbocycles. The molecule has 0 unspecified atom stereocenters. The van der Waals surface area contributed by atoms with Crippen LogP contribution in [-0.4, -0.2) is 30.7 Å². The Bertz CT molecular complexity index is 694. The molecule has 7 heteroatoms. The molecule has 0 aliphatic heterocycles. The minimum absolute atomic E-state index is 0.0206. The fraction of sp³-hybridized carbons (Fsp3) is 0.267. The monoisotopic (exact) mass is 303 g/mol. The molecular formula is C15H17N3O4. The number of amides is 1. The highest BCUT2D eigenvalue weighted by Crippen LogP contribution is 2.20. The topological polar surface area (TPSA) is 93.5 Å². The number of methoxy groups -OCH3 is 1. The SMILES string of the molecule is COC(=O)c1c(C)cccc1NCC(=O)Nc1cc(C)no1. The van der Waals surface area contributed by atoms with E-state index in [1.807, 2.05) is 0 Å². The maximum absolute atomic E-state index is 11.9. The number of ether oxygens (including phenoxy) is 1. The largest absolute Gasteiger partial charge is 0.465 e. The molecule has 2 rings (SSSR count). The van der Waals surface area contributed by atoms with Gasteiger partial charge in [0.1, 0.15) is 0 Å². The fourth-order valence-corrected chi connectivity index (χ4v) is 1.97. The number of carbonyl (C=O) groups excluding carboxylic acids is 2. The number of rotatable bonds is 5. The van der Waals surface area contributed by atoms with E-state index in [1.165, 1.54) is 7.11 Å². The summed E-state index contributed by atoms with van der Waals surface area (Å²) in [5, 5.41) is 9.16. The van der Waals surface area contributed by atoms with E-state index in [1.54, 1.807) is 38.1 Å². The van der Waals surface area contributed by atoms with Gasteiger partial charge in [-0.3, -0.25) is 10.1 Å². The van der Waals surface area contributed by atoms with Crippen LogP contribution in [0.2, 0.25) is 0 Å².